The molecule has 3 aromatic rings. The molecule has 4 rings (SSSR count). The number of nitrogens with zero attached hydrogens (tertiary/aromatic N) is 3. The Morgan fingerprint density at radius 1 is 1.07 bits per heavy atom. The zero-order valence-electron chi connectivity index (χ0n) is 16.3. The van der Waals surface area contributed by atoms with Crippen LogP contribution in [0.3, 0.4) is 0 Å². The molecule has 0 atom stereocenters. The Kier molecular flexibility index (Phi) is 5.01. The number of aryl methyl sites for hydroxylation is 2. The van der Waals surface area contributed by atoms with Crippen LogP contribution in [0, 0.1) is 13.8 Å². The standard InChI is InChI=1S/C23H25N3O2/c1-16-12-17(2)26(24-16)22-14-25(15-22)23(28)21-5-3-4-20(13-21)19-8-6-18(7-9-19)10-11-27/h3-9,12-13,22,27H,10-11,14-15H2,1-2H3. The number of aliphatic hydroxyl groups excluding tert-OH is 1. The van der Waals surface area contributed by atoms with Crippen LogP contribution in [-0.4, -0.2) is 45.4 Å². The topological polar surface area (TPSA) is 58.4 Å². The molecule has 0 unspecified atom stereocenters. The van der Waals surface area contributed by atoms with Gasteiger partial charge < -0.3 is 10.0 Å². The third-order valence-corrected chi connectivity index (χ3v) is 5.34. The number of benzene rings is 2. The summed E-state index contributed by atoms with van der Waals surface area (Å²) in [4.78, 5) is 14.8. The summed E-state index contributed by atoms with van der Waals surface area (Å²) in [6.07, 6.45) is 0.657. The summed E-state index contributed by atoms with van der Waals surface area (Å²) in [5.74, 6) is 0.0662. The van der Waals surface area contributed by atoms with E-state index in [1.54, 1.807) is 0 Å². The average Bonchev–Trinajstić information content (AvgIpc) is 2.99. The molecule has 2 aromatic carbocycles. The molecule has 2 heterocycles. The molecule has 1 fully saturated rings. The van der Waals surface area contributed by atoms with Crippen LogP contribution in [0.4, 0.5) is 0 Å². The number of carbonyl (C=O) groups is 1. The molecular weight excluding hydrogens is 350 g/mol. The predicted molar refractivity (Wildman–Crippen MR) is 109 cm³/mol. The fourth-order valence-corrected chi connectivity index (χ4v) is 3.80. The molecule has 5 nitrogen and oxygen atoms in total. The minimum absolute atomic E-state index is 0.0662. The number of hydrogen-bond acceptors (Lipinski definition) is 3. The first-order valence-corrected chi connectivity index (χ1v) is 9.67. The van der Waals surface area contributed by atoms with Crippen molar-refractivity contribution >= 4 is 5.91 Å². The second-order valence-electron chi connectivity index (χ2n) is 7.49. The van der Waals surface area contributed by atoms with Gasteiger partial charge in [-0.3, -0.25) is 9.48 Å². The summed E-state index contributed by atoms with van der Waals surface area (Å²) in [5.41, 5.74) is 6.07. The summed E-state index contributed by atoms with van der Waals surface area (Å²) >= 11 is 0. The number of carbonyl (C=O) groups excluding carboxylic acids is 1. The van der Waals surface area contributed by atoms with E-state index < -0.39 is 0 Å². The molecule has 0 radical (unpaired) electrons. The molecular formula is C23H25N3O2. The van der Waals surface area contributed by atoms with Crippen LogP contribution < -0.4 is 0 Å². The lowest BCUT2D eigenvalue weighted by Crippen LogP contribution is -2.51. The van der Waals surface area contributed by atoms with Gasteiger partial charge in [0, 0.05) is 31.0 Å². The fraction of sp³-hybridized carbons (Fsp3) is 0.304. The van der Waals surface area contributed by atoms with Gasteiger partial charge in [-0.15, -0.1) is 0 Å². The second-order valence-corrected chi connectivity index (χ2v) is 7.49. The molecule has 144 valence electrons. The maximum Gasteiger partial charge on any atom is 0.254 e. The predicted octanol–water partition coefficient (Wildman–Crippen LogP) is 3.40. The third-order valence-electron chi connectivity index (χ3n) is 5.34. The van der Waals surface area contributed by atoms with E-state index >= 15 is 0 Å². The summed E-state index contributed by atoms with van der Waals surface area (Å²) in [5, 5.41) is 13.6. The highest BCUT2D eigenvalue weighted by molar-refractivity contribution is 5.96. The van der Waals surface area contributed by atoms with Crippen LogP contribution in [0.2, 0.25) is 0 Å². The summed E-state index contributed by atoms with van der Waals surface area (Å²) in [6.45, 7) is 5.59. The summed E-state index contributed by atoms with van der Waals surface area (Å²) < 4.78 is 2.03. The lowest BCUT2D eigenvalue weighted by atomic mass is 9.99. The van der Waals surface area contributed by atoms with Crippen molar-refractivity contribution in [3.8, 4) is 11.1 Å². The molecule has 1 amide bonds. The van der Waals surface area contributed by atoms with Crippen molar-refractivity contribution in [3.63, 3.8) is 0 Å². The van der Waals surface area contributed by atoms with Crippen LogP contribution in [0.15, 0.2) is 54.6 Å². The van der Waals surface area contributed by atoms with Crippen LogP contribution >= 0.6 is 0 Å². The van der Waals surface area contributed by atoms with Gasteiger partial charge in [-0.25, -0.2) is 0 Å². The monoisotopic (exact) mass is 375 g/mol. The largest absolute Gasteiger partial charge is 0.396 e. The first-order chi connectivity index (χ1) is 13.5. The van der Waals surface area contributed by atoms with Crippen molar-refractivity contribution in [3.05, 3.63) is 77.1 Å². The molecule has 1 aromatic heterocycles. The van der Waals surface area contributed by atoms with E-state index in [1.165, 1.54) is 0 Å². The van der Waals surface area contributed by atoms with Gasteiger partial charge in [-0.2, -0.15) is 5.10 Å². The number of amides is 1. The first kappa shape index (κ1) is 18.4. The highest BCUT2D eigenvalue weighted by Gasteiger charge is 2.33. The lowest BCUT2D eigenvalue weighted by molar-refractivity contribution is 0.0497. The van der Waals surface area contributed by atoms with Crippen LogP contribution in [0.1, 0.15) is 33.4 Å². The minimum Gasteiger partial charge on any atom is -0.396 e. The Hall–Kier alpha value is -2.92. The van der Waals surface area contributed by atoms with Crippen LogP contribution in [0.5, 0.6) is 0 Å². The van der Waals surface area contributed by atoms with Gasteiger partial charge in [0.2, 0.25) is 0 Å². The SMILES string of the molecule is Cc1cc(C)n(C2CN(C(=O)c3cccc(-c4ccc(CCO)cc4)c3)C2)n1. The van der Waals surface area contributed by atoms with Gasteiger partial charge in [-0.1, -0.05) is 36.4 Å². The molecule has 0 aliphatic carbocycles. The normalized spacial score (nSPS) is 14.2. The number of aliphatic hydroxyl groups is 1. The number of rotatable bonds is 5. The van der Waals surface area contributed by atoms with Crippen molar-refractivity contribution in [1.82, 2.24) is 14.7 Å². The van der Waals surface area contributed by atoms with Crippen molar-refractivity contribution in [1.29, 1.82) is 0 Å². The van der Waals surface area contributed by atoms with E-state index in [4.69, 9.17) is 5.11 Å². The van der Waals surface area contributed by atoms with E-state index in [0.717, 1.165) is 28.1 Å². The highest BCUT2D eigenvalue weighted by Crippen LogP contribution is 2.26. The quantitative estimate of drug-likeness (QED) is 0.744. The Balaban J connectivity index is 1.46. The Bertz CT molecular complexity index is 985. The second kappa shape index (κ2) is 7.60. The first-order valence-electron chi connectivity index (χ1n) is 9.67. The van der Waals surface area contributed by atoms with Gasteiger partial charge >= 0.3 is 0 Å². The molecule has 1 aliphatic rings. The average molecular weight is 375 g/mol. The van der Waals surface area contributed by atoms with E-state index in [2.05, 4.69) is 18.1 Å². The number of aromatic nitrogens is 2. The summed E-state index contributed by atoms with van der Waals surface area (Å²) in [7, 11) is 0. The molecule has 0 saturated carbocycles. The van der Waals surface area contributed by atoms with Gasteiger partial charge in [0.15, 0.2) is 0 Å². The van der Waals surface area contributed by atoms with Gasteiger partial charge in [0.25, 0.3) is 5.91 Å². The zero-order valence-corrected chi connectivity index (χ0v) is 16.3. The Morgan fingerprint density at radius 3 is 2.46 bits per heavy atom. The van der Waals surface area contributed by atoms with E-state index in [-0.39, 0.29) is 18.6 Å². The highest BCUT2D eigenvalue weighted by atomic mass is 16.3. The van der Waals surface area contributed by atoms with Gasteiger partial charge in [-0.05, 0) is 55.2 Å². The maximum absolute atomic E-state index is 12.9. The van der Waals surface area contributed by atoms with Crippen molar-refractivity contribution in [2.75, 3.05) is 19.7 Å². The van der Waals surface area contributed by atoms with E-state index in [9.17, 15) is 4.79 Å². The Labute approximate surface area is 165 Å². The van der Waals surface area contributed by atoms with Gasteiger partial charge in [0.1, 0.15) is 0 Å². The smallest absolute Gasteiger partial charge is 0.254 e. The molecule has 1 saturated heterocycles. The van der Waals surface area contributed by atoms with Crippen LogP contribution in [0.25, 0.3) is 11.1 Å². The van der Waals surface area contributed by atoms with Crippen molar-refractivity contribution < 1.29 is 9.90 Å². The third kappa shape index (κ3) is 3.58. The minimum atomic E-state index is 0.0662. The molecule has 0 spiro atoms. The molecule has 5 heteroatoms. The molecule has 28 heavy (non-hydrogen) atoms. The number of likely N-dealkylation sites (tertiary alicyclic amines) is 1. The number of hydrogen-bond donors (Lipinski definition) is 1. The zero-order chi connectivity index (χ0) is 19.7. The van der Waals surface area contributed by atoms with Crippen LogP contribution in [-0.2, 0) is 6.42 Å². The summed E-state index contributed by atoms with van der Waals surface area (Å²) in [6, 6.07) is 18.2. The maximum atomic E-state index is 12.9. The fourth-order valence-electron chi connectivity index (χ4n) is 3.80. The van der Waals surface area contributed by atoms with Crippen molar-refractivity contribution in [2.45, 2.75) is 26.3 Å². The van der Waals surface area contributed by atoms with E-state index in [1.807, 2.05) is 65.0 Å². The molecule has 1 N–H and O–H groups in total. The Morgan fingerprint density at radius 2 is 1.82 bits per heavy atom. The molecule has 1 aliphatic heterocycles. The van der Waals surface area contributed by atoms with Gasteiger partial charge in [0.05, 0.1) is 11.7 Å². The molecule has 0 bridgehead atoms. The van der Waals surface area contributed by atoms with Crippen molar-refractivity contribution in [2.24, 2.45) is 0 Å². The lowest BCUT2D eigenvalue weighted by Gasteiger charge is -2.39. The van der Waals surface area contributed by atoms with E-state index in [0.29, 0.717) is 25.1 Å².